The van der Waals surface area contributed by atoms with E-state index in [1.54, 1.807) is 24.3 Å². The van der Waals surface area contributed by atoms with Crippen LogP contribution in [0.3, 0.4) is 0 Å². The fourth-order valence-electron chi connectivity index (χ4n) is 2.06. The van der Waals surface area contributed by atoms with Gasteiger partial charge in [-0.15, -0.1) is 0 Å². The van der Waals surface area contributed by atoms with Crippen molar-refractivity contribution in [1.82, 2.24) is 5.32 Å². The SMILES string of the molecule is CC(C)c1cc(Br)ccc1NC(=S)NC(=O)c1ccc(Cl)cc1. The minimum atomic E-state index is -0.276. The van der Waals surface area contributed by atoms with Gasteiger partial charge in [0.2, 0.25) is 0 Å². The zero-order valence-corrected chi connectivity index (χ0v) is 15.8. The predicted octanol–water partition coefficient (Wildman–Crippen LogP) is 5.35. The molecule has 1 amide bonds. The maximum atomic E-state index is 12.1. The van der Waals surface area contributed by atoms with Gasteiger partial charge in [0.15, 0.2) is 5.11 Å². The van der Waals surface area contributed by atoms with Gasteiger partial charge in [-0.3, -0.25) is 10.1 Å². The molecule has 0 bridgehead atoms. The highest BCUT2D eigenvalue weighted by atomic mass is 79.9. The number of nitrogens with one attached hydrogen (secondary N) is 2. The van der Waals surface area contributed by atoms with E-state index in [2.05, 4.69) is 40.4 Å². The standard InChI is InChI=1S/C17H16BrClN2OS/c1-10(2)14-9-12(18)5-8-15(14)20-17(23)21-16(22)11-3-6-13(19)7-4-11/h3-10H,1-2H3,(H2,20,21,22,23). The first-order valence-corrected chi connectivity index (χ1v) is 8.62. The van der Waals surface area contributed by atoms with Crippen molar-refractivity contribution in [1.29, 1.82) is 0 Å². The summed E-state index contributed by atoms with van der Waals surface area (Å²) in [6.45, 7) is 4.20. The van der Waals surface area contributed by atoms with E-state index in [4.69, 9.17) is 23.8 Å². The zero-order chi connectivity index (χ0) is 17.0. The minimum Gasteiger partial charge on any atom is -0.332 e. The Labute approximate surface area is 154 Å². The first-order chi connectivity index (χ1) is 10.9. The quantitative estimate of drug-likeness (QED) is 0.669. The molecule has 6 heteroatoms. The number of carbonyl (C=O) groups excluding carboxylic acids is 1. The number of benzene rings is 2. The summed E-state index contributed by atoms with van der Waals surface area (Å²) in [5, 5.41) is 6.60. The highest BCUT2D eigenvalue weighted by molar-refractivity contribution is 9.10. The van der Waals surface area contributed by atoms with E-state index >= 15 is 0 Å². The molecule has 2 rings (SSSR count). The van der Waals surface area contributed by atoms with Crippen molar-refractivity contribution >= 4 is 56.5 Å². The maximum absolute atomic E-state index is 12.1. The van der Waals surface area contributed by atoms with E-state index < -0.39 is 0 Å². The number of halogens is 2. The Morgan fingerprint density at radius 1 is 1.17 bits per heavy atom. The molecule has 0 aliphatic carbocycles. The molecule has 0 heterocycles. The highest BCUT2D eigenvalue weighted by Crippen LogP contribution is 2.27. The Morgan fingerprint density at radius 2 is 1.83 bits per heavy atom. The number of anilines is 1. The number of hydrogen-bond donors (Lipinski definition) is 2. The first kappa shape index (κ1) is 17.9. The molecule has 0 aliphatic heterocycles. The van der Waals surface area contributed by atoms with Gasteiger partial charge in [0.25, 0.3) is 5.91 Å². The lowest BCUT2D eigenvalue weighted by atomic mass is 10.0. The summed E-state index contributed by atoms with van der Waals surface area (Å²) >= 11 is 14.5. The van der Waals surface area contributed by atoms with Crippen molar-refractivity contribution in [2.24, 2.45) is 0 Å². The molecule has 0 spiro atoms. The molecule has 0 aromatic heterocycles. The van der Waals surface area contributed by atoms with Crippen LogP contribution < -0.4 is 10.6 Å². The van der Waals surface area contributed by atoms with E-state index in [0.29, 0.717) is 16.5 Å². The van der Waals surface area contributed by atoms with Gasteiger partial charge in [-0.25, -0.2) is 0 Å². The van der Waals surface area contributed by atoms with Crippen molar-refractivity contribution < 1.29 is 4.79 Å². The summed E-state index contributed by atoms with van der Waals surface area (Å²) in [4.78, 5) is 12.1. The lowest BCUT2D eigenvalue weighted by Crippen LogP contribution is -2.34. The van der Waals surface area contributed by atoms with Gasteiger partial charge < -0.3 is 5.32 Å². The smallest absolute Gasteiger partial charge is 0.257 e. The predicted molar refractivity (Wildman–Crippen MR) is 103 cm³/mol. The average Bonchev–Trinajstić information content (AvgIpc) is 2.49. The van der Waals surface area contributed by atoms with Crippen molar-refractivity contribution in [3.8, 4) is 0 Å². The summed E-state index contributed by atoms with van der Waals surface area (Å²) in [5.74, 6) is 0.0483. The molecule has 0 fully saturated rings. The maximum Gasteiger partial charge on any atom is 0.257 e. The van der Waals surface area contributed by atoms with Gasteiger partial charge in [0, 0.05) is 20.7 Å². The molecule has 0 radical (unpaired) electrons. The fraction of sp³-hybridized carbons (Fsp3) is 0.176. The molecule has 0 unspecified atom stereocenters. The topological polar surface area (TPSA) is 41.1 Å². The molecule has 2 N–H and O–H groups in total. The van der Waals surface area contributed by atoms with E-state index in [-0.39, 0.29) is 11.0 Å². The lowest BCUT2D eigenvalue weighted by molar-refractivity contribution is 0.0978. The van der Waals surface area contributed by atoms with E-state index in [1.807, 2.05) is 18.2 Å². The van der Waals surface area contributed by atoms with Crippen LogP contribution in [0.2, 0.25) is 5.02 Å². The lowest BCUT2D eigenvalue weighted by Gasteiger charge is -2.16. The summed E-state index contributed by atoms with van der Waals surface area (Å²) < 4.78 is 1.00. The highest BCUT2D eigenvalue weighted by Gasteiger charge is 2.11. The van der Waals surface area contributed by atoms with Crippen LogP contribution in [0.4, 0.5) is 5.69 Å². The van der Waals surface area contributed by atoms with E-state index in [0.717, 1.165) is 15.7 Å². The van der Waals surface area contributed by atoms with Crippen LogP contribution in [0.15, 0.2) is 46.9 Å². The summed E-state index contributed by atoms with van der Waals surface area (Å²) in [6.07, 6.45) is 0. The third kappa shape index (κ3) is 5.03. The second-order valence-corrected chi connectivity index (χ2v) is 7.06. The molecule has 0 atom stereocenters. The Kier molecular flexibility index (Phi) is 6.16. The molecule has 0 aliphatic rings. The zero-order valence-electron chi connectivity index (χ0n) is 12.7. The molecule has 2 aromatic rings. The first-order valence-electron chi connectivity index (χ1n) is 7.04. The Bertz CT molecular complexity index is 732. The van der Waals surface area contributed by atoms with Crippen molar-refractivity contribution in [2.75, 3.05) is 5.32 Å². The molecular weight excluding hydrogens is 396 g/mol. The van der Waals surface area contributed by atoms with Gasteiger partial charge in [0.05, 0.1) is 0 Å². The molecule has 120 valence electrons. The fourth-order valence-corrected chi connectivity index (χ4v) is 2.76. The van der Waals surface area contributed by atoms with Crippen LogP contribution in [0.1, 0.15) is 35.7 Å². The summed E-state index contributed by atoms with van der Waals surface area (Å²) in [5.41, 5.74) is 2.49. The molecular formula is C17H16BrClN2OS. The van der Waals surface area contributed by atoms with E-state index in [9.17, 15) is 4.79 Å². The van der Waals surface area contributed by atoms with Gasteiger partial charge in [-0.2, -0.15) is 0 Å². The molecule has 0 saturated carbocycles. The second kappa shape index (κ2) is 7.90. The number of hydrogen-bond acceptors (Lipinski definition) is 2. The second-order valence-electron chi connectivity index (χ2n) is 5.30. The van der Waals surface area contributed by atoms with Crippen molar-refractivity contribution in [3.63, 3.8) is 0 Å². The van der Waals surface area contributed by atoms with Crippen molar-refractivity contribution in [2.45, 2.75) is 19.8 Å². The van der Waals surface area contributed by atoms with Crippen LogP contribution in [-0.4, -0.2) is 11.0 Å². The van der Waals surface area contributed by atoms with Crippen LogP contribution in [0, 0.1) is 0 Å². The third-order valence-corrected chi connectivity index (χ3v) is 4.17. The Hall–Kier alpha value is -1.43. The molecule has 2 aromatic carbocycles. The third-order valence-electron chi connectivity index (χ3n) is 3.22. The average molecular weight is 412 g/mol. The minimum absolute atomic E-state index is 0.258. The van der Waals surface area contributed by atoms with E-state index in [1.165, 1.54) is 0 Å². The van der Waals surface area contributed by atoms with Gasteiger partial charge in [0.1, 0.15) is 0 Å². The van der Waals surface area contributed by atoms with Crippen LogP contribution >= 0.6 is 39.7 Å². The van der Waals surface area contributed by atoms with Gasteiger partial charge in [-0.1, -0.05) is 41.4 Å². The molecule has 23 heavy (non-hydrogen) atoms. The number of amides is 1. The summed E-state index contributed by atoms with van der Waals surface area (Å²) in [6, 6.07) is 12.5. The Morgan fingerprint density at radius 3 is 2.43 bits per heavy atom. The van der Waals surface area contributed by atoms with Crippen LogP contribution in [-0.2, 0) is 0 Å². The number of thiocarbonyl (C=S) groups is 1. The largest absolute Gasteiger partial charge is 0.332 e. The molecule has 3 nitrogen and oxygen atoms in total. The Balaban J connectivity index is 2.08. The van der Waals surface area contributed by atoms with Crippen molar-refractivity contribution in [3.05, 3.63) is 63.1 Å². The summed E-state index contributed by atoms with van der Waals surface area (Å²) in [7, 11) is 0. The van der Waals surface area contributed by atoms with Crippen LogP contribution in [0.25, 0.3) is 0 Å². The number of rotatable bonds is 3. The van der Waals surface area contributed by atoms with Gasteiger partial charge in [-0.05, 0) is 66.2 Å². The number of carbonyl (C=O) groups is 1. The van der Waals surface area contributed by atoms with Gasteiger partial charge >= 0.3 is 0 Å². The normalized spacial score (nSPS) is 10.5. The monoisotopic (exact) mass is 410 g/mol. The van der Waals surface area contributed by atoms with Crippen LogP contribution in [0.5, 0.6) is 0 Å². The molecule has 0 saturated heterocycles.